The fourth-order valence-electron chi connectivity index (χ4n) is 4.02. The Balaban J connectivity index is 1.49. The minimum Gasteiger partial charge on any atom is -0.452 e. The summed E-state index contributed by atoms with van der Waals surface area (Å²) in [7, 11) is 0. The van der Waals surface area contributed by atoms with Gasteiger partial charge in [0.1, 0.15) is 11.8 Å². The first-order chi connectivity index (χ1) is 16.9. The summed E-state index contributed by atoms with van der Waals surface area (Å²) >= 11 is 4.93. The van der Waals surface area contributed by atoms with Gasteiger partial charge in [0.15, 0.2) is 4.67 Å². The standard InChI is InChI=1S/C26H24BrN5O2S/c1-15-8-7-11-19(16(15)2)29-24(33)22-17(3)28-25-30-26(35-14-18-9-5-4-6-10-18)31-32(25)23(22)20-12-13-21(27)34-20/h4-13,23H,14H2,1-3H3,(H,29,33)(H,28,30,31). The lowest BCUT2D eigenvalue weighted by Gasteiger charge is -2.27. The van der Waals surface area contributed by atoms with E-state index in [4.69, 9.17) is 9.52 Å². The zero-order chi connectivity index (χ0) is 24.5. The van der Waals surface area contributed by atoms with Crippen LogP contribution in [0.4, 0.5) is 11.6 Å². The van der Waals surface area contributed by atoms with Crippen molar-refractivity contribution in [3.8, 4) is 0 Å². The molecule has 2 aromatic heterocycles. The van der Waals surface area contributed by atoms with E-state index in [0.29, 0.717) is 32.8 Å². The number of aromatic nitrogens is 3. The molecule has 9 heteroatoms. The van der Waals surface area contributed by atoms with Crippen molar-refractivity contribution in [2.45, 2.75) is 37.7 Å². The predicted octanol–water partition coefficient (Wildman–Crippen LogP) is 6.47. The molecular formula is C26H24BrN5O2S. The van der Waals surface area contributed by atoms with E-state index in [1.165, 1.54) is 5.56 Å². The topological polar surface area (TPSA) is 85.0 Å². The number of aryl methyl sites for hydroxylation is 1. The quantitative estimate of drug-likeness (QED) is 0.268. The number of anilines is 2. The van der Waals surface area contributed by atoms with Crippen LogP contribution < -0.4 is 10.6 Å². The van der Waals surface area contributed by atoms with Crippen molar-refractivity contribution in [2.75, 3.05) is 10.6 Å². The summed E-state index contributed by atoms with van der Waals surface area (Å²) < 4.78 is 8.23. The molecule has 0 saturated carbocycles. The summed E-state index contributed by atoms with van der Waals surface area (Å²) in [5.41, 5.74) is 5.32. The summed E-state index contributed by atoms with van der Waals surface area (Å²) in [4.78, 5) is 18.3. The van der Waals surface area contributed by atoms with Crippen molar-refractivity contribution in [2.24, 2.45) is 0 Å². The molecule has 1 aliphatic heterocycles. The molecule has 4 aromatic rings. The highest BCUT2D eigenvalue weighted by Gasteiger charge is 2.36. The highest BCUT2D eigenvalue weighted by Crippen LogP contribution is 2.38. The largest absolute Gasteiger partial charge is 0.452 e. The Morgan fingerprint density at radius 1 is 1.11 bits per heavy atom. The maximum Gasteiger partial charge on any atom is 0.256 e. The van der Waals surface area contributed by atoms with Crippen molar-refractivity contribution in [3.05, 3.63) is 99.1 Å². The predicted molar refractivity (Wildman–Crippen MR) is 141 cm³/mol. The number of hydrogen-bond donors (Lipinski definition) is 2. The van der Waals surface area contributed by atoms with E-state index >= 15 is 0 Å². The molecule has 0 bridgehead atoms. The molecule has 0 fully saturated rings. The molecule has 0 spiro atoms. The maximum absolute atomic E-state index is 13.6. The molecule has 5 rings (SSSR count). The van der Waals surface area contributed by atoms with Crippen LogP contribution in [0.3, 0.4) is 0 Å². The molecule has 2 aromatic carbocycles. The lowest BCUT2D eigenvalue weighted by Crippen LogP contribution is -2.31. The summed E-state index contributed by atoms with van der Waals surface area (Å²) in [5.74, 6) is 1.68. The normalized spacial score (nSPS) is 15.0. The van der Waals surface area contributed by atoms with Crippen LogP contribution in [-0.2, 0) is 10.5 Å². The van der Waals surface area contributed by atoms with Crippen LogP contribution in [-0.4, -0.2) is 20.7 Å². The molecule has 178 valence electrons. The lowest BCUT2D eigenvalue weighted by atomic mass is 9.99. The number of benzene rings is 2. The van der Waals surface area contributed by atoms with Crippen LogP contribution >= 0.6 is 27.7 Å². The number of allylic oxidation sites excluding steroid dienone is 1. The third kappa shape index (κ3) is 4.78. The van der Waals surface area contributed by atoms with Crippen molar-refractivity contribution in [1.29, 1.82) is 0 Å². The van der Waals surface area contributed by atoms with Gasteiger partial charge in [0, 0.05) is 17.1 Å². The van der Waals surface area contributed by atoms with Gasteiger partial charge in [0.25, 0.3) is 5.91 Å². The molecule has 1 aliphatic rings. The van der Waals surface area contributed by atoms with E-state index in [9.17, 15) is 4.79 Å². The van der Waals surface area contributed by atoms with Crippen LogP contribution in [0.1, 0.15) is 35.4 Å². The van der Waals surface area contributed by atoms with E-state index in [2.05, 4.69) is 43.7 Å². The van der Waals surface area contributed by atoms with Gasteiger partial charge in [-0.05, 0) is 71.6 Å². The Morgan fingerprint density at radius 2 is 1.91 bits per heavy atom. The molecule has 1 amide bonds. The Labute approximate surface area is 216 Å². The first-order valence-corrected chi connectivity index (χ1v) is 12.9. The van der Waals surface area contributed by atoms with Crippen molar-refractivity contribution < 1.29 is 9.21 Å². The number of thioether (sulfide) groups is 1. The second kappa shape index (κ2) is 9.75. The van der Waals surface area contributed by atoms with Crippen molar-refractivity contribution >= 4 is 45.2 Å². The number of carbonyl (C=O) groups excluding carboxylic acids is 1. The first kappa shape index (κ1) is 23.4. The lowest BCUT2D eigenvalue weighted by molar-refractivity contribution is -0.113. The van der Waals surface area contributed by atoms with E-state index in [-0.39, 0.29) is 5.91 Å². The van der Waals surface area contributed by atoms with Gasteiger partial charge in [-0.25, -0.2) is 4.68 Å². The van der Waals surface area contributed by atoms with E-state index in [1.54, 1.807) is 16.4 Å². The number of fused-ring (bicyclic) bond motifs is 1. The smallest absolute Gasteiger partial charge is 0.256 e. The molecule has 2 N–H and O–H groups in total. The molecule has 35 heavy (non-hydrogen) atoms. The van der Waals surface area contributed by atoms with Gasteiger partial charge < -0.3 is 15.1 Å². The monoisotopic (exact) mass is 549 g/mol. The van der Waals surface area contributed by atoms with Crippen molar-refractivity contribution in [1.82, 2.24) is 14.8 Å². The van der Waals surface area contributed by atoms with Gasteiger partial charge in [0.2, 0.25) is 11.1 Å². The van der Waals surface area contributed by atoms with E-state index < -0.39 is 6.04 Å². The Morgan fingerprint density at radius 3 is 2.66 bits per heavy atom. The summed E-state index contributed by atoms with van der Waals surface area (Å²) in [5, 5.41) is 11.7. The zero-order valence-corrected chi connectivity index (χ0v) is 21.9. The van der Waals surface area contributed by atoms with Gasteiger partial charge in [0.05, 0.1) is 5.57 Å². The van der Waals surface area contributed by atoms with E-state index in [1.807, 2.05) is 69.3 Å². The first-order valence-electron chi connectivity index (χ1n) is 11.1. The van der Waals surface area contributed by atoms with Gasteiger partial charge in [-0.15, -0.1) is 5.10 Å². The Hall–Kier alpha value is -3.30. The van der Waals surface area contributed by atoms with Gasteiger partial charge >= 0.3 is 0 Å². The number of halogens is 1. The summed E-state index contributed by atoms with van der Waals surface area (Å²) in [6, 6.07) is 19.1. The minimum atomic E-state index is -0.568. The molecular weight excluding hydrogens is 526 g/mol. The Bertz CT molecular complexity index is 1430. The summed E-state index contributed by atoms with van der Waals surface area (Å²) in [6.45, 7) is 5.90. The number of carbonyl (C=O) groups is 1. The zero-order valence-electron chi connectivity index (χ0n) is 19.5. The van der Waals surface area contributed by atoms with Gasteiger partial charge in [-0.1, -0.05) is 54.2 Å². The highest BCUT2D eigenvalue weighted by molar-refractivity contribution is 9.10. The van der Waals surface area contributed by atoms with E-state index in [0.717, 1.165) is 22.6 Å². The van der Waals surface area contributed by atoms with Crippen LogP contribution in [0.15, 0.2) is 86.2 Å². The molecule has 1 atom stereocenters. The number of nitrogens with one attached hydrogen (secondary N) is 2. The second-order valence-electron chi connectivity index (χ2n) is 8.35. The second-order valence-corrected chi connectivity index (χ2v) is 10.1. The maximum atomic E-state index is 13.6. The number of amides is 1. The SMILES string of the molecule is CC1=C(C(=O)Nc2cccc(C)c2C)C(c2ccc(Br)o2)n2nc(SCc3ccccc3)nc2N1. The van der Waals surface area contributed by atoms with Crippen LogP contribution in [0.5, 0.6) is 0 Å². The summed E-state index contributed by atoms with van der Waals surface area (Å²) in [6.07, 6.45) is 0. The van der Waals surface area contributed by atoms with Gasteiger partial charge in [-0.3, -0.25) is 4.79 Å². The number of nitrogens with zero attached hydrogens (tertiary/aromatic N) is 3. The molecule has 7 nitrogen and oxygen atoms in total. The number of furan rings is 1. The molecule has 3 heterocycles. The highest BCUT2D eigenvalue weighted by atomic mass is 79.9. The minimum absolute atomic E-state index is 0.221. The third-order valence-corrected chi connectivity index (χ3v) is 7.34. The van der Waals surface area contributed by atoms with Crippen LogP contribution in [0.25, 0.3) is 0 Å². The van der Waals surface area contributed by atoms with Crippen LogP contribution in [0.2, 0.25) is 0 Å². The fraction of sp³-hybridized carbons (Fsp3) is 0.192. The molecule has 0 aliphatic carbocycles. The fourth-order valence-corrected chi connectivity index (χ4v) is 5.13. The molecule has 1 unspecified atom stereocenters. The third-order valence-electron chi connectivity index (χ3n) is 6.00. The molecule has 0 radical (unpaired) electrons. The van der Waals surface area contributed by atoms with Crippen molar-refractivity contribution in [3.63, 3.8) is 0 Å². The Kier molecular flexibility index (Phi) is 6.53. The van der Waals surface area contributed by atoms with Crippen LogP contribution in [0, 0.1) is 13.8 Å². The average molecular weight is 550 g/mol. The van der Waals surface area contributed by atoms with Gasteiger partial charge in [-0.2, -0.15) is 4.98 Å². The average Bonchev–Trinajstić information content (AvgIpc) is 3.46. The number of hydrogen-bond acceptors (Lipinski definition) is 6. The molecule has 0 saturated heterocycles. The number of rotatable bonds is 6.